The molecule has 124 valence electrons. The van der Waals surface area contributed by atoms with Gasteiger partial charge in [0, 0.05) is 0 Å². The number of hydrogen-bond donors (Lipinski definition) is 1. The molecule has 0 aliphatic heterocycles. The molecule has 9 heteroatoms. The molecule has 0 aliphatic rings. The monoisotopic (exact) mass is 347 g/mol. The van der Waals surface area contributed by atoms with Crippen molar-refractivity contribution >= 4 is 10.0 Å². The number of hydrogen-bond acceptors (Lipinski definition) is 5. The summed E-state index contributed by atoms with van der Waals surface area (Å²) in [6.45, 7) is 1.75. The number of benzene rings is 2. The Bertz CT molecular complexity index is 954. The first kappa shape index (κ1) is 16.2. The molecule has 0 bridgehead atoms. The number of nitrogens with one attached hydrogen (secondary N) is 1. The van der Waals surface area contributed by atoms with Gasteiger partial charge in [0.25, 0.3) is 0 Å². The predicted octanol–water partition coefficient (Wildman–Crippen LogP) is 1.59. The van der Waals surface area contributed by atoms with Gasteiger partial charge in [0.15, 0.2) is 5.82 Å². The number of halogens is 1. The van der Waals surface area contributed by atoms with Gasteiger partial charge in [0.05, 0.1) is 17.1 Å². The Labute approximate surface area is 138 Å². The average Bonchev–Trinajstić information content (AvgIpc) is 3.02. The summed E-state index contributed by atoms with van der Waals surface area (Å²) in [7, 11) is -3.69. The second-order valence-electron chi connectivity index (χ2n) is 5.12. The van der Waals surface area contributed by atoms with Crippen LogP contribution in [0.1, 0.15) is 11.4 Å². The van der Waals surface area contributed by atoms with Gasteiger partial charge in [-0.15, -0.1) is 5.10 Å². The molecule has 0 radical (unpaired) electrons. The second-order valence-corrected chi connectivity index (χ2v) is 6.89. The van der Waals surface area contributed by atoms with E-state index in [-0.39, 0.29) is 17.3 Å². The molecule has 0 spiro atoms. The maximum Gasteiger partial charge on any atom is 0.240 e. The summed E-state index contributed by atoms with van der Waals surface area (Å²) < 4.78 is 41.6. The second kappa shape index (κ2) is 6.46. The van der Waals surface area contributed by atoms with E-state index in [0.717, 1.165) is 5.56 Å². The lowest BCUT2D eigenvalue weighted by molar-refractivity contribution is 0.577. The molecule has 0 aliphatic carbocycles. The summed E-state index contributed by atoms with van der Waals surface area (Å²) in [4.78, 5) is 0.151. The van der Waals surface area contributed by atoms with E-state index in [9.17, 15) is 12.8 Å². The van der Waals surface area contributed by atoms with Crippen LogP contribution < -0.4 is 4.72 Å². The number of rotatable bonds is 5. The molecule has 3 aromatic rings. The number of aryl methyl sites for hydroxylation is 1. The first-order chi connectivity index (χ1) is 11.5. The third-order valence-corrected chi connectivity index (χ3v) is 4.76. The average molecular weight is 347 g/mol. The highest BCUT2D eigenvalue weighted by molar-refractivity contribution is 7.89. The fourth-order valence-corrected chi connectivity index (χ4v) is 3.06. The van der Waals surface area contributed by atoms with Crippen LogP contribution >= 0.6 is 0 Å². The van der Waals surface area contributed by atoms with Gasteiger partial charge >= 0.3 is 0 Å². The molecule has 24 heavy (non-hydrogen) atoms. The van der Waals surface area contributed by atoms with Crippen LogP contribution in [0.5, 0.6) is 0 Å². The van der Waals surface area contributed by atoms with Crippen molar-refractivity contribution < 1.29 is 12.8 Å². The molecule has 0 amide bonds. The lowest BCUT2D eigenvalue weighted by Gasteiger charge is -2.08. The van der Waals surface area contributed by atoms with E-state index in [1.807, 2.05) is 6.92 Å². The van der Waals surface area contributed by atoms with E-state index in [0.29, 0.717) is 5.69 Å². The number of sulfonamides is 1. The Hall–Kier alpha value is -2.65. The van der Waals surface area contributed by atoms with Gasteiger partial charge in [-0.05, 0) is 47.7 Å². The third kappa shape index (κ3) is 3.47. The molecule has 0 saturated heterocycles. The lowest BCUT2D eigenvalue weighted by Crippen LogP contribution is -2.25. The van der Waals surface area contributed by atoms with Crippen molar-refractivity contribution in [3.05, 3.63) is 65.7 Å². The molecular formula is C15H14FN5O2S. The molecule has 0 saturated carbocycles. The molecular weight excluding hydrogens is 333 g/mol. The van der Waals surface area contributed by atoms with Gasteiger partial charge in [-0.2, -0.15) is 4.68 Å². The fourth-order valence-electron chi connectivity index (χ4n) is 2.08. The van der Waals surface area contributed by atoms with E-state index < -0.39 is 15.8 Å². The minimum absolute atomic E-state index is 0.125. The molecule has 3 rings (SSSR count). The van der Waals surface area contributed by atoms with E-state index >= 15 is 0 Å². The van der Waals surface area contributed by atoms with Crippen molar-refractivity contribution in [2.75, 3.05) is 0 Å². The lowest BCUT2D eigenvalue weighted by atomic mass is 10.2. The highest BCUT2D eigenvalue weighted by Gasteiger charge is 2.16. The molecule has 0 unspecified atom stereocenters. The summed E-state index contributed by atoms with van der Waals surface area (Å²) >= 11 is 0. The molecule has 1 heterocycles. The Balaban J connectivity index is 1.81. The Morgan fingerprint density at radius 3 is 2.62 bits per heavy atom. The molecule has 0 fully saturated rings. The molecule has 0 atom stereocenters. The molecule has 1 N–H and O–H groups in total. The minimum atomic E-state index is -3.69. The van der Waals surface area contributed by atoms with E-state index in [2.05, 4.69) is 20.2 Å². The maximum absolute atomic E-state index is 13.3. The standard InChI is InChI=1S/C15H14FN5O2S/c1-11-5-7-14(8-6-11)24(22,23)17-10-15-18-19-20-21(15)13-4-2-3-12(16)9-13/h2-9,17H,10H2,1H3. The van der Waals surface area contributed by atoms with Gasteiger partial charge in [0.1, 0.15) is 5.82 Å². The predicted molar refractivity (Wildman–Crippen MR) is 84.3 cm³/mol. The van der Waals surface area contributed by atoms with Crippen molar-refractivity contribution in [1.29, 1.82) is 0 Å². The number of aromatic nitrogens is 4. The minimum Gasteiger partial charge on any atom is -0.207 e. The molecule has 2 aromatic carbocycles. The number of nitrogens with zero attached hydrogens (tertiary/aromatic N) is 4. The highest BCUT2D eigenvalue weighted by Crippen LogP contribution is 2.12. The van der Waals surface area contributed by atoms with Gasteiger partial charge in [-0.3, -0.25) is 0 Å². The van der Waals surface area contributed by atoms with Crippen LogP contribution in [0.2, 0.25) is 0 Å². The van der Waals surface area contributed by atoms with Crippen LogP contribution in [0.15, 0.2) is 53.4 Å². The van der Waals surface area contributed by atoms with Crippen LogP contribution in [-0.4, -0.2) is 28.6 Å². The summed E-state index contributed by atoms with van der Waals surface area (Å²) in [5.41, 5.74) is 1.37. The van der Waals surface area contributed by atoms with E-state index in [1.165, 1.54) is 35.0 Å². The van der Waals surface area contributed by atoms with Crippen LogP contribution in [0.4, 0.5) is 4.39 Å². The van der Waals surface area contributed by atoms with Crippen LogP contribution in [0.3, 0.4) is 0 Å². The SMILES string of the molecule is Cc1ccc(S(=O)(=O)NCc2nnnn2-c2cccc(F)c2)cc1. The summed E-state index contributed by atoms with van der Waals surface area (Å²) in [5, 5.41) is 11.1. The maximum atomic E-state index is 13.3. The highest BCUT2D eigenvalue weighted by atomic mass is 32.2. The molecule has 7 nitrogen and oxygen atoms in total. The Kier molecular flexibility index (Phi) is 4.36. The van der Waals surface area contributed by atoms with Crippen LogP contribution in [0, 0.1) is 12.7 Å². The van der Waals surface area contributed by atoms with Crippen molar-refractivity contribution in [1.82, 2.24) is 24.9 Å². The molecule has 1 aromatic heterocycles. The van der Waals surface area contributed by atoms with Gasteiger partial charge in [-0.1, -0.05) is 23.8 Å². The first-order valence-corrected chi connectivity index (χ1v) is 8.53. The van der Waals surface area contributed by atoms with Crippen molar-refractivity contribution in [2.24, 2.45) is 0 Å². The van der Waals surface area contributed by atoms with Crippen molar-refractivity contribution in [2.45, 2.75) is 18.4 Å². The zero-order valence-corrected chi connectivity index (χ0v) is 13.5. The largest absolute Gasteiger partial charge is 0.240 e. The van der Waals surface area contributed by atoms with E-state index in [4.69, 9.17) is 0 Å². The Morgan fingerprint density at radius 1 is 1.17 bits per heavy atom. The normalized spacial score (nSPS) is 11.6. The van der Waals surface area contributed by atoms with Crippen LogP contribution in [-0.2, 0) is 16.6 Å². The Morgan fingerprint density at radius 2 is 1.92 bits per heavy atom. The fraction of sp³-hybridized carbons (Fsp3) is 0.133. The van der Waals surface area contributed by atoms with Gasteiger partial charge in [-0.25, -0.2) is 17.5 Å². The van der Waals surface area contributed by atoms with Crippen molar-refractivity contribution in [3.8, 4) is 5.69 Å². The zero-order valence-electron chi connectivity index (χ0n) is 12.7. The van der Waals surface area contributed by atoms with Gasteiger partial charge in [0.2, 0.25) is 10.0 Å². The third-order valence-electron chi connectivity index (χ3n) is 3.34. The quantitative estimate of drug-likeness (QED) is 0.757. The summed E-state index contributed by atoms with van der Waals surface area (Å²) in [6.07, 6.45) is 0. The van der Waals surface area contributed by atoms with Crippen molar-refractivity contribution in [3.63, 3.8) is 0 Å². The smallest absolute Gasteiger partial charge is 0.207 e. The first-order valence-electron chi connectivity index (χ1n) is 7.05. The van der Waals surface area contributed by atoms with E-state index in [1.54, 1.807) is 18.2 Å². The van der Waals surface area contributed by atoms with Crippen LogP contribution in [0.25, 0.3) is 5.69 Å². The summed E-state index contributed by atoms with van der Waals surface area (Å²) in [6, 6.07) is 12.2. The van der Waals surface area contributed by atoms with Gasteiger partial charge < -0.3 is 0 Å². The number of tetrazole rings is 1. The topological polar surface area (TPSA) is 89.8 Å². The summed E-state index contributed by atoms with van der Waals surface area (Å²) in [5.74, 6) is -0.189. The zero-order chi connectivity index (χ0) is 17.2.